The van der Waals surface area contributed by atoms with Crippen molar-refractivity contribution >= 4 is 0 Å². The van der Waals surface area contributed by atoms with E-state index in [1.807, 2.05) is 18.2 Å². The lowest BCUT2D eigenvalue weighted by atomic mass is 10.0. The number of aryl methyl sites for hydroxylation is 2. The van der Waals surface area contributed by atoms with Gasteiger partial charge in [0.2, 0.25) is 0 Å². The highest BCUT2D eigenvalue weighted by Gasteiger charge is 2.16. The van der Waals surface area contributed by atoms with Gasteiger partial charge in [-0.3, -0.25) is 0 Å². The Morgan fingerprint density at radius 1 is 1.19 bits per heavy atom. The van der Waals surface area contributed by atoms with E-state index in [1.54, 1.807) is 13.4 Å². The van der Waals surface area contributed by atoms with Crippen LogP contribution in [0.2, 0.25) is 0 Å². The van der Waals surface area contributed by atoms with E-state index in [0.717, 1.165) is 37.3 Å². The number of hydrogen-bond donors (Lipinski definition) is 1. The third kappa shape index (κ3) is 4.36. The molecule has 1 heterocycles. The molecular weight excluding hydrogens is 262 g/mol. The molecule has 2 aromatic rings. The van der Waals surface area contributed by atoms with Crippen LogP contribution in [0.5, 0.6) is 5.75 Å². The fraction of sp³-hybridized carbons (Fsp3) is 0.444. The van der Waals surface area contributed by atoms with Crippen molar-refractivity contribution in [3.05, 3.63) is 53.5 Å². The van der Waals surface area contributed by atoms with Crippen LogP contribution >= 0.6 is 0 Å². The smallest absolute Gasteiger partial charge is 0.123 e. The molecule has 0 aliphatic carbocycles. The van der Waals surface area contributed by atoms with Crippen LogP contribution in [0.25, 0.3) is 0 Å². The second-order valence-electron chi connectivity index (χ2n) is 5.36. The minimum atomic E-state index is 0.280. The lowest BCUT2D eigenvalue weighted by molar-refractivity contribution is 0.393. The van der Waals surface area contributed by atoms with Crippen LogP contribution in [0.1, 0.15) is 42.7 Å². The maximum atomic E-state index is 5.67. The first-order chi connectivity index (χ1) is 10.2. The molecule has 0 aliphatic rings. The average molecular weight is 287 g/mol. The lowest BCUT2D eigenvalue weighted by Crippen LogP contribution is -2.23. The first-order valence-corrected chi connectivity index (χ1v) is 7.65. The maximum Gasteiger partial charge on any atom is 0.123 e. The highest BCUT2D eigenvalue weighted by atomic mass is 16.5. The number of nitrogens with one attached hydrogen (secondary N) is 1. The van der Waals surface area contributed by atoms with Crippen molar-refractivity contribution in [2.24, 2.45) is 0 Å². The lowest BCUT2D eigenvalue weighted by Gasteiger charge is -2.17. The molecule has 0 bridgehead atoms. The quantitative estimate of drug-likeness (QED) is 0.787. The van der Waals surface area contributed by atoms with Gasteiger partial charge in [0.25, 0.3) is 0 Å². The summed E-state index contributed by atoms with van der Waals surface area (Å²) in [6.07, 6.45) is 4.95. The normalized spacial score (nSPS) is 12.3. The molecular formula is C18H25NO2. The van der Waals surface area contributed by atoms with E-state index in [-0.39, 0.29) is 6.04 Å². The molecule has 0 saturated heterocycles. The minimum Gasteiger partial charge on any atom is -0.497 e. The second-order valence-corrected chi connectivity index (χ2v) is 5.36. The molecule has 2 rings (SSSR count). The van der Waals surface area contributed by atoms with Crippen LogP contribution in [-0.4, -0.2) is 13.7 Å². The minimum absolute atomic E-state index is 0.280. The molecule has 1 unspecified atom stereocenters. The molecule has 1 aromatic heterocycles. The van der Waals surface area contributed by atoms with Gasteiger partial charge in [-0.15, -0.1) is 0 Å². The second kappa shape index (κ2) is 7.89. The molecule has 3 heteroatoms. The van der Waals surface area contributed by atoms with Gasteiger partial charge in [0, 0.05) is 0 Å². The molecule has 3 nitrogen and oxygen atoms in total. The Balaban J connectivity index is 1.99. The van der Waals surface area contributed by atoms with Gasteiger partial charge in [-0.1, -0.05) is 19.1 Å². The van der Waals surface area contributed by atoms with Crippen LogP contribution in [0.15, 0.2) is 41.0 Å². The van der Waals surface area contributed by atoms with Gasteiger partial charge in [-0.05, 0) is 62.1 Å². The number of ether oxygens (including phenoxy) is 1. The Labute approximate surface area is 127 Å². The topological polar surface area (TPSA) is 34.4 Å². The molecule has 0 spiro atoms. The van der Waals surface area contributed by atoms with Crippen molar-refractivity contribution in [3.8, 4) is 5.75 Å². The summed E-state index contributed by atoms with van der Waals surface area (Å²) in [6.45, 7) is 5.29. The number of rotatable bonds is 8. The first-order valence-electron chi connectivity index (χ1n) is 7.65. The van der Waals surface area contributed by atoms with Crippen LogP contribution in [0.4, 0.5) is 0 Å². The van der Waals surface area contributed by atoms with Crippen LogP contribution in [0.3, 0.4) is 0 Å². The zero-order valence-electron chi connectivity index (χ0n) is 13.2. The summed E-state index contributed by atoms with van der Waals surface area (Å²) in [4.78, 5) is 0. The predicted molar refractivity (Wildman–Crippen MR) is 85.8 cm³/mol. The Hall–Kier alpha value is -1.74. The molecule has 0 aliphatic heterocycles. The molecule has 1 atom stereocenters. The van der Waals surface area contributed by atoms with Gasteiger partial charge >= 0.3 is 0 Å². The molecule has 21 heavy (non-hydrogen) atoms. The summed E-state index contributed by atoms with van der Waals surface area (Å²) in [6, 6.07) is 10.6. The van der Waals surface area contributed by atoms with Gasteiger partial charge in [-0.25, -0.2) is 0 Å². The summed E-state index contributed by atoms with van der Waals surface area (Å²) in [5.74, 6) is 1.97. The van der Waals surface area contributed by atoms with Crippen LogP contribution < -0.4 is 10.1 Å². The first kappa shape index (κ1) is 15.6. The fourth-order valence-corrected chi connectivity index (χ4v) is 2.49. The standard InChI is InChI=1S/C18H25NO2/c1-4-12-19-17(18-14(2)11-13-21-18)10-7-15-5-8-16(20-3)9-6-15/h5-6,8-9,11,13,17,19H,4,7,10,12H2,1-3H3. The molecule has 1 N–H and O–H groups in total. The largest absolute Gasteiger partial charge is 0.497 e. The van der Waals surface area contributed by atoms with Crippen molar-refractivity contribution in [1.29, 1.82) is 0 Å². The fourth-order valence-electron chi connectivity index (χ4n) is 2.49. The van der Waals surface area contributed by atoms with Gasteiger partial charge in [0.15, 0.2) is 0 Å². The predicted octanol–water partition coefficient (Wildman–Crippen LogP) is 4.27. The summed E-state index contributed by atoms with van der Waals surface area (Å²) in [7, 11) is 1.69. The highest BCUT2D eigenvalue weighted by molar-refractivity contribution is 5.27. The summed E-state index contributed by atoms with van der Waals surface area (Å²) >= 11 is 0. The van der Waals surface area contributed by atoms with Crippen molar-refractivity contribution < 1.29 is 9.15 Å². The van der Waals surface area contributed by atoms with Crippen LogP contribution in [-0.2, 0) is 6.42 Å². The summed E-state index contributed by atoms with van der Waals surface area (Å²) < 4.78 is 10.9. The van der Waals surface area contributed by atoms with E-state index in [0.29, 0.717) is 0 Å². The van der Waals surface area contributed by atoms with Gasteiger partial charge < -0.3 is 14.5 Å². The number of furan rings is 1. The molecule has 1 aromatic carbocycles. The van der Waals surface area contributed by atoms with Crippen molar-refractivity contribution in [3.63, 3.8) is 0 Å². The number of hydrogen-bond acceptors (Lipinski definition) is 3. The monoisotopic (exact) mass is 287 g/mol. The van der Waals surface area contributed by atoms with Gasteiger partial charge in [0.1, 0.15) is 11.5 Å². The highest BCUT2D eigenvalue weighted by Crippen LogP contribution is 2.24. The molecule has 0 fully saturated rings. The van der Waals surface area contributed by atoms with E-state index in [4.69, 9.17) is 9.15 Å². The molecule has 0 saturated carbocycles. The Bertz CT molecular complexity index is 530. The van der Waals surface area contributed by atoms with E-state index < -0.39 is 0 Å². The Morgan fingerprint density at radius 3 is 2.52 bits per heavy atom. The van der Waals surface area contributed by atoms with E-state index in [1.165, 1.54) is 11.1 Å². The van der Waals surface area contributed by atoms with Crippen molar-refractivity contribution in [2.45, 2.75) is 39.2 Å². The maximum absolute atomic E-state index is 5.67. The SMILES string of the molecule is CCCNC(CCc1ccc(OC)cc1)c1occc1C. The molecule has 0 amide bonds. The van der Waals surface area contributed by atoms with E-state index >= 15 is 0 Å². The third-order valence-electron chi connectivity index (χ3n) is 3.74. The van der Waals surface area contributed by atoms with Gasteiger partial charge in [0.05, 0.1) is 19.4 Å². The summed E-state index contributed by atoms with van der Waals surface area (Å²) in [5, 5.41) is 3.59. The van der Waals surface area contributed by atoms with Gasteiger partial charge in [-0.2, -0.15) is 0 Å². The number of methoxy groups -OCH3 is 1. The molecule has 0 radical (unpaired) electrons. The van der Waals surface area contributed by atoms with Crippen molar-refractivity contribution in [2.75, 3.05) is 13.7 Å². The Kier molecular flexibility index (Phi) is 5.88. The van der Waals surface area contributed by atoms with Crippen molar-refractivity contribution in [1.82, 2.24) is 5.32 Å². The third-order valence-corrected chi connectivity index (χ3v) is 3.74. The van der Waals surface area contributed by atoms with E-state index in [2.05, 4.69) is 31.3 Å². The zero-order chi connectivity index (χ0) is 15.1. The molecule has 114 valence electrons. The summed E-state index contributed by atoms with van der Waals surface area (Å²) in [5.41, 5.74) is 2.54. The van der Waals surface area contributed by atoms with E-state index in [9.17, 15) is 0 Å². The zero-order valence-corrected chi connectivity index (χ0v) is 13.2. The Morgan fingerprint density at radius 2 is 1.95 bits per heavy atom. The average Bonchev–Trinajstić information content (AvgIpc) is 2.94. The van der Waals surface area contributed by atoms with Crippen LogP contribution in [0, 0.1) is 6.92 Å². The number of benzene rings is 1.